The molecule has 5 heteroatoms. The Balaban J connectivity index is 2.27. The highest BCUT2D eigenvalue weighted by Crippen LogP contribution is 2.31. The van der Waals surface area contributed by atoms with E-state index in [1.165, 1.54) is 6.26 Å². The fourth-order valence-electron chi connectivity index (χ4n) is 2.36. The molecule has 0 amide bonds. The molecule has 0 aromatic heterocycles. The summed E-state index contributed by atoms with van der Waals surface area (Å²) in [5.74, 6) is -2.31. The Morgan fingerprint density at radius 2 is 1.79 bits per heavy atom. The molecule has 0 saturated heterocycles. The second-order valence-electron chi connectivity index (χ2n) is 4.75. The summed E-state index contributed by atoms with van der Waals surface area (Å²) in [5, 5.41) is 9.09. The molecule has 1 rings (SSSR count). The normalized spacial score (nSPS) is 22.5. The van der Waals surface area contributed by atoms with Gasteiger partial charge in [-0.05, 0) is 25.7 Å². The van der Waals surface area contributed by atoms with Gasteiger partial charge in [0, 0.05) is 0 Å². The van der Waals surface area contributed by atoms with Crippen molar-refractivity contribution in [3.8, 4) is 0 Å². The van der Waals surface area contributed by atoms with Crippen molar-refractivity contribution in [1.29, 1.82) is 0 Å². The van der Waals surface area contributed by atoms with E-state index in [-0.39, 0.29) is 5.97 Å². The fraction of sp³-hybridized carbons (Fsp3) is 0.714. The average Bonchev–Trinajstić information content (AvgIpc) is 2.42. The van der Waals surface area contributed by atoms with Crippen LogP contribution in [0.5, 0.6) is 0 Å². The minimum atomic E-state index is -0.888. The molecule has 1 fully saturated rings. The maximum absolute atomic E-state index is 11.9. The Bertz CT molecular complexity index is 313. The van der Waals surface area contributed by atoms with Crippen LogP contribution in [0.15, 0.2) is 12.8 Å². The van der Waals surface area contributed by atoms with E-state index in [2.05, 4.69) is 6.58 Å². The number of hydrogen-bond donors (Lipinski definition) is 1. The van der Waals surface area contributed by atoms with Crippen molar-refractivity contribution in [2.24, 2.45) is 11.8 Å². The fourth-order valence-corrected chi connectivity index (χ4v) is 2.36. The van der Waals surface area contributed by atoms with Crippen LogP contribution in [0.25, 0.3) is 0 Å². The molecule has 2 atom stereocenters. The number of ether oxygens (including phenoxy) is 2. The first-order valence-corrected chi connectivity index (χ1v) is 6.78. The molecule has 108 valence electrons. The van der Waals surface area contributed by atoms with Gasteiger partial charge in [0.25, 0.3) is 0 Å². The lowest BCUT2D eigenvalue weighted by Gasteiger charge is -2.26. The number of carbonyl (C=O) groups excluding carboxylic acids is 1. The molecule has 0 aromatic carbocycles. The second kappa shape index (κ2) is 8.56. The maximum atomic E-state index is 11.9. The monoisotopic (exact) mass is 270 g/mol. The van der Waals surface area contributed by atoms with Gasteiger partial charge in [0.15, 0.2) is 0 Å². The Kier molecular flexibility index (Phi) is 7.00. The topological polar surface area (TPSA) is 72.8 Å². The lowest BCUT2D eigenvalue weighted by atomic mass is 9.79. The van der Waals surface area contributed by atoms with E-state index in [1.807, 2.05) is 0 Å². The van der Waals surface area contributed by atoms with Gasteiger partial charge in [0.1, 0.15) is 0 Å². The predicted octanol–water partition coefficient (Wildman–Crippen LogP) is 2.36. The minimum absolute atomic E-state index is 0.322. The molecular formula is C14H22O5. The van der Waals surface area contributed by atoms with E-state index in [0.29, 0.717) is 32.5 Å². The number of unbranched alkanes of at least 4 members (excludes halogenated alkanes) is 1. The molecule has 0 aromatic rings. The summed E-state index contributed by atoms with van der Waals surface area (Å²) >= 11 is 0. The Labute approximate surface area is 113 Å². The summed E-state index contributed by atoms with van der Waals surface area (Å²) in [7, 11) is 0. The lowest BCUT2D eigenvalue weighted by Crippen LogP contribution is -2.34. The van der Waals surface area contributed by atoms with E-state index >= 15 is 0 Å². The number of carbonyl (C=O) groups is 2. The standard InChI is InChI=1S/C14H22O5/c1-2-18-9-5-6-10-19-14(17)12-8-4-3-7-11(12)13(15)16/h2,11-12H,1,3-10H2,(H,15,16). The number of carboxylic acid groups (broad SMARTS) is 1. The summed E-state index contributed by atoms with van der Waals surface area (Å²) < 4.78 is 10.1. The smallest absolute Gasteiger partial charge is 0.309 e. The maximum Gasteiger partial charge on any atom is 0.309 e. The van der Waals surface area contributed by atoms with Gasteiger partial charge in [-0.3, -0.25) is 9.59 Å². The molecule has 0 radical (unpaired) electrons. The zero-order valence-electron chi connectivity index (χ0n) is 11.2. The summed E-state index contributed by atoms with van der Waals surface area (Å²) in [6.07, 6.45) is 5.84. The van der Waals surface area contributed by atoms with Gasteiger partial charge in [-0.25, -0.2) is 0 Å². The van der Waals surface area contributed by atoms with Gasteiger partial charge in [-0.1, -0.05) is 19.4 Å². The summed E-state index contributed by atoms with van der Waals surface area (Å²) in [6.45, 7) is 4.31. The molecule has 1 aliphatic rings. The van der Waals surface area contributed by atoms with Gasteiger partial charge in [-0.15, -0.1) is 0 Å². The van der Waals surface area contributed by atoms with Crippen molar-refractivity contribution in [2.75, 3.05) is 13.2 Å². The van der Waals surface area contributed by atoms with Crippen molar-refractivity contribution in [3.63, 3.8) is 0 Å². The molecule has 2 unspecified atom stereocenters. The molecule has 0 bridgehead atoms. The third-order valence-corrected chi connectivity index (χ3v) is 3.40. The van der Waals surface area contributed by atoms with Crippen molar-refractivity contribution >= 4 is 11.9 Å². The highest BCUT2D eigenvalue weighted by atomic mass is 16.5. The van der Waals surface area contributed by atoms with Crippen LogP contribution in [0.2, 0.25) is 0 Å². The Morgan fingerprint density at radius 1 is 1.16 bits per heavy atom. The summed E-state index contributed by atoms with van der Waals surface area (Å²) in [4.78, 5) is 23.0. The van der Waals surface area contributed by atoms with Gasteiger partial charge < -0.3 is 14.6 Å². The number of hydrogen-bond acceptors (Lipinski definition) is 4. The third kappa shape index (κ3) is 5.32. The van der Waals surface area contributed by atoms with Crippen molar-refractivity contribution in [1.82, 2.24) is 0 Å². The molecular weight excluding hydrogens is 248 g/mol. The van der Waals surface area contributed by atoms with E-state index < -0.39 is 17.8 Å². The minimum Gasteiger partial charge on any atom is -0.502 e. The number of aliphatic carboxylic acids is 1. The first kappa shape index (κ1) is 15.5. The first-order chi connectivity index (χ1) is 9.16. The molecule has 0 aliphatic heterocycles. The van der Waals surface area contributed by atoms with Crippen LogP contribution in [-0.4, -0.2) is 30.3 Å². The van der Waals surface area contributed by atoms with E-state index in [9.17, 15) is 9.59 Å². The highest BCUT2D eigenvalue weighted by molar-refractivity contribution is 5.81. The molecule has 0 spiro atoms. The number of carboxylic acids is 1. The number of esters is 1. The van der Waals surface area contributed by atoms with Crippen molar-refractivity contribution < 1.29 is 24.2 Å². The molecule has 19 heavy (non-hydrogen) atoms. The van der Waals surface area contributed by atoms with E-state index in [1.54, 1.807) is 0 Å². The first-order valence-electron chi connectivity index (χ1n) is 6.78. The third-order valence-electron chi connectivity index (χ3n) is 3.40. The van der Waals surface area contributed by atoms with Crippen LogP contribution >= 0.6 is 0 Å². The SMILES string of the molecule is C=COCCCCOC(=O)C1CCCCC1C(=O)O. The van der Waals surface area contributed by atoms with Crippen LogP contribution < -0.4 is 0 Å². The van der Waals surface area contributed by atoms with Crippen LogP contribution in [0.4, 0.5) is 0 Å². The molecule has 1 saturated carbocycles. The van der Waals surface area contributed by atoms with Gasteiger partial charge >= 0.3 is 11.9 Å². The van der Waals surface area contributed by atoms with E-state index in [0.717, 1.165) is 19.3 Å². The van der Waals surface area contributed by atoms with E-state index in [4.69, 9.17) is 14.6 Å². The van der Waals surface area contributed by atoms with Crippen LogP contribution in [0.3, 0.4) is 0 Å². The largest absolute Gasteiger partial charge is 0.502 e. The Hall–Kier alpha value is -1.52. The predicted molar refractivity (Wildman–Crippen MR) is 69.4 cm³/mol. The van der Waals surface area contributed by atoms with Crippen LogP contribution in [0, 0.1) is 11.8 Å². The second-order valence-corrected chi connectivity index (χ2v) is 4.75. The molecule has 1 aliphatic carbocycles. The highest BCUT2D eigenvalue weighted by Gasteiger charge is 2.36. The average molecular weight is 270 g/mol. The van der Waals surface area contributed by atoms with Crippen molar-refractivity contribution in [2.45, 2.75) is 38.5 Å². The van der Waals surface area contributed by atoms with Gasteiger partial charge in [0.05, 0.1) is 31.3 Å². The van der Waals surface area contributed by atoms with Gasteiger partial charge in [-0.2, -0.15) is 0 Å². The Morgan fingerprint density at radius 3 is 2.42 bits per heavy atom. The zero-order chi connectivity index (χ0) is 14.1. The molecule has 5 nitrogen and oxygen atoms in total. The van der Waals surface area contributed by atoms with Gasteiger partial charge in [0.2, 0.25) is 0 Å². The lowest BCUT2D eigenvalue weighted by molar-refractivity contribution is -0.159. The molecule has 1 N–H and O–H groups in total. The van der Waals surface area contributed by atoms with Crippen molar-refractivity contribution in [3.05, 3.63) is 12.8 Å². The quantitative estimate of drug-likeness (QED) is 0.416. The number of rotatable bonds is 8. The summed E-state index contributed by atoms with van der Waals surface area (Å²) in [6, 6.07) is 0. The zero-order valence-corrected chi connectivity index (χ0v) is 11.2. The van der Waals surface area contributed by atoms with Crippen LogP contribution in [-0.2, 0) is 19.1 Å². The summed E-state index contributed by atoms with van der Waals surface area (Å²) in [5.41, 5.74) is 0. The van der Waals surface area contributed by atoms with Crippen LogP contribution in [0.1, 0.15) is 38.5 Å². The molecule has 0 heterocycles.